The molecule has 1 amide bonds. The largest absolute Gasteiger partial charge is 0.507 e. The van der Waals surface area contributed by atoms with E-state index in [1.165, 1.54) is 11.3 Å². The third-order valence-corrected chi connectivity index (χ3v) is 5.78. The average Bonchev–Trinajstić information content (AvgIpc) is 3.34. The van der Waals surface area contributed by atoms with E-state index in [-0.39, 0.29) is 11.3 Å². The number of nitrogens with zero attached hydrogens (tertiary/aromatic N) is 2. The first kappa shape index (κ1) is 21.8. The van der Waals surface area contributed by atoms with E-state index in [1.807, 2.05) is 36.5 Å². The zero-order valence-electron chi connectivity index (χ0n) is 17.2. The number of ether oxygens (including phenoxy) is 1. The molecule has 1 fully saturated rings. The van der Waals surface area contributed by atoms with Gasteiger partial charge in [-0.05, 0) is 62.8 Å². The van der Waals surface area contributed by atoms with Gasteiger partial charge in [-0.1, -0.05) is 18.7 Å². The minimum Gasteiger partial charge on any atom is -0.507 e. The summed E-state index contributed by atoms with van der Waals surface area (Å²) in [5.41, 5.74) is 0.598. The number of benzene rings is 1. The van der Waals surface area contributed by atoms with Crippen LogP contribution in [-0.2, 0) is 9.59 Å². The zero-order valence-corrected chi connectivity index (χ0v) is 18.0. The van der Waals surface area contributed by atoms with Gasteiger partial charge in [-0.25, -0.2) is 0 Å². The van der Waals surface area contributed by atoms with Crippen LogP contribution in [0.15, 0.2) is 60.0 Å². The number of aliphatic hydroxyl groups excluding tert-OH is 1. The van der Waals surface area contributed by atoms with Gasteiger partial charge < -0.3 is 19.6 Å². The molecule has 1 N–H and O–H groups in total. The maximum atomic E-state index is 12.9. The van der Waals surface area contributed by atoms with Crippen LogP contribution in [-0.4, -0.2) is 60.4 Å². The van der Waals surface area contributed by atoms with E-state index >= 15 is 0 Å². The van der Waals surface area contributed by atoms with E-state index in [1.54, 1.807) is 35.2 Å². The lowest BCUT2D eigenvalue weighted by atomic mass is 10.00. The van der Waals surface area contributed by atoms with Crippen molar-refractivity contribution in [3.05, 3.63) is 70.4 Å². The molecular weight excluding hydrogens is 400 g/mol. The van der Waals surface area contributed by atoms with E-state index < -0.39 is 17.7 Å². The fourth-order valence-corrected chi connectivity index (χ4v) is 4.28. The number of amides is 1. The van der Waals surface area contributed by atoms with Crippen molar-refractivity contribution < 1.29 is 19.4 Å². The molecular formula is C23H26N2O4S. The number of ketones is 1. The van der Waals surface area contributed by atoms with Crippen molar-refractivity contribution in [2.45, 2.75) is 12.5 Å². The molecule has 0 unspecified atom stereocenters. The standard InChI is InChI=1S/C23H26N2O4S/c1-4-14-29-17-10-8-16(9-11-17)21(26)19-20(18-7-5-15-30-18)25(23(28)22(19)27)13-6-12-24(2)3/h4-5,7-11,15,20,26H,1,6,12-14H2,2-3H3/t20-/m1/s1. The van der Waals surface area contributed by atoms with Crippen LogP contribution in [0, 0.1) is 0 Å². The second-order valence-corrected chi connectivity index (χ2v) is 8.27. The Morgan fingerprint density at radius 1 is 1.27 bits per heavy atom. The number of hydrogen-bond acceptors (Lipinski definition) is 6. The maximum absolute atomic E-state index is 12.9. The summed E-state index contributed by atoms with van der Waals surface area (Å²) in [5, 5.41) is 12.9. The Balaban J connectivity index is 1.96. The molecule has 6 nitrogen and oxygen atoms in total. The van der Waals surface area contributed by atoms with Crippen molar-refractivity contribution in [1.82, 2.24) is 9.80 Å². The Morgan fingerprint density at radius 3 is 2.60 bits per heavy atom. The first-order chi connectivity index (χ1) is 14.4. The van der Waals surface area contributed by atoms with Gasteiger partial charge in [-0.3, -0.25) is 9.59 Å². The molecule has 158 valence electrons. The van der Waals surface area contributed by atoms with Crippen LogP contribution in [0.2, 0.25) is 0 Å². The molecule has 0 radical (unpaired) electrons. The first-order valence-corrected chi connectivity index (χ1v) is 10.6. The summed E-state index contributed by atoms with van der Waals surface area (Å²) in [5.74, 6) is -0.759. The molecule has 1 aliphatic rings. The van der Waals surface area contributed by atoms with Gasteiger partial charge in [0.05, 0.1) is 11.6 Å². The molecule has 1 saturated heterocycles. The highest BCUT2D eigenvalue weighted by molar-refractivity contribution is 7.10. The molecule has 1 aromatic heterocycles. The third-order valence-electron chi connectivity index (χ3n) is 4.85. The predicted octanol–water partition coefficient (Wildman–Crippen LogP) is 3.69. The maximum Gasteiger partial charge on any atom is 0.295 e. The highest BCUT2D eigenvalue weighted by Crippen LogP contribution is 2.41. The molecule has 3 rings (SSSR count). The van der Waals surface area contributed by atoms with Crippen molar-refractivity contribution in [3.63, 3.8) is 0 Å². The van der Waals surface area contributed by atoms with Gasteiger partial charge in [-0.2, -0.15) is 0 Å². The fraction of sp³-hybridized carbons (Fsp3) is 0.304. The lowest BCUT2D eigenvalue weighted by molar-refractivity contribution is -0.139. The topological polar surface area (TPSA) is 70.1 Å². The van der Waals surface area contributed by atoms with Crippen LogP contribution < -0.4 is 4.74 Å². The Morgan fingerprint density at radius 2 is 2.00 bits per heavy atom. The van der Waals surface area contributed by atoms with E-state index in [0.717, 1.165) is 17.8 Å². The van der Waals surface area contributed by atoms with Crippen LogP contribution in [0.25, 0.3) is 5.76 Å². The molecule has 0 saturated carbocycles. The van der Waals surface area contributed by atoms with Gasteiger partial charge in [0.2, 0.25) is 0 Å². The molecule has 0 aliphatic carbocycles. The second-order valence-electron chi connectivity index (χ2n) is 7.29. The van der Waals surface area contributed by atoms with Crippen LogP contribution in [0.1, 0.15) is 22.9 Å². The quantitative estimate of drug-likeness (QED) is 0.287. The van der Waals surface area contributed by atoms with Crippen LogP contribution in [0.3, 0.4) is 0 Å². The van der Waals surface area contributed by atoms with Crippen molar-refractivity contribution in [1.29, 1.82) is 0 Å². The Kier molecular flexibility index (Phi) is 7.07. The fourth-order valence-electron chi connectivity index (χ4n) is 3.43. The number of carbonyl (C=O) groups is 2. The highest BCUT2D eigenvalue weighted by atomic mass is 32.1. The monoisotopic (exact) mass is 426 g/mol. The lowest BCUT2D eigenvalue weighted by Gasteiger charge is -2.24. The lowest BCUT2D eigenvalue weighted by Crippen LogP contribution is -2.32. The third kappa shape index (κ3) is 4.63. The average molecular weight is 427 g/mol. The Labute approximate surface area is 180 Å². The minimum absolute atomic E-state index is 0.132. The van der Waals surface area contributed by atoms with Crippen LogP contribution >= 0.6 is 11.3 Å². The number of Topliss-reactive ketones (excluding diaryl/α,β-unsaturated/α-hetero) is 1. The number of thiophene rings is 1. The summed E-state index contributed by atoms with van der Waals surface area (Å²) in [6, 6.07) is 9.98. The predicted molar refractivity (Wildman–Crippen MR) is 119 cm³/mol. The van der Waals surface area contributed by atoms with Gasteiger partial charge in [0.1, 0.15) is 18.1 Å². The molecule has 0 spiro atoms. The second kappa shape index (κ2) is 9.73. The van der Waals surface area contributed by atoms with Crippen molar-refractivity contribution in [2.24, 2.45) is 0 Å². The van der Waals surface area contributed by atoms with Gasteiger partial charge in [0, 0.05) is 17.0 Å². The van der Waals surface area contributed by atoms with Gasteiger partial charge >= 0.3 is 0 Å². The summed E-state index contributed by atoms with van der Waals surface area (Å²) >= 11 is 1.46. The highest BCUT2D eigenvalue weighted by Gasteiger charge is 2.46. The first-order valence-electron chi connectivity index (χ1n) is 9.74. The molecule has 1 aromatic carbocycles. The van der Waals surface area contributed by atoms with Crippen molar-refractivity contribution in [2.75, 3.05) is 33.8 Å². The molecule has 7 heteroatoms. The molecule has 2 heterocycles. The van der Waals surface area contributed by atoms with E-state index in [9.17, 15) is 14.7 Å². The van der Waals surface area contributed by atoms with Crippen LogP contribution in [0.5, 0.6) is 5.75 Å². The zero-order chi connectivity index (χ0) is 21.7. The van der Waals surface area contributed by atoms with Crippen molar-refractivity contribution >= 4 is 28.8 Å². The van der Waals surface area contributed by atoms with Crippen LogP contribution in [0.4, 0.5) is 0 Å². The number of likely N-dealkylation sites (tertiary alicyclic amines) is 1. The Hall–Kier alpha value is -2.90. The number of aliphatic hydroxyl groups is 1. The summed E-state index contributed by atoms with van der Waals surface area (Å²) in [4.78, 5) is 30.2. The molecule has 0 bridgehead atoms. The minimum atomic E-state index is -0.650. The van der Waals surface area contributed by atoms with E-state index in [0.29, 0.717) is 24.5 Å². The SMILES string of the molecule is C=CCOc1ccc(C(O)=C2C(=O)C(=O)N(CCCN(C)C)[C@@H]2c2cccs2)cc1. The van der Waals surface area contributed by atoms with Gasteiger partial charge in [-0.15, -0.1) is 11.3 Å². The molecule has 2 aromatic rings. The van der Waals surface area contributed by atoms with Gasteiger partial charge in [0.25, 0.3) is 11.7 Å². The molecule has 1 atom stereocenters. The number of hydrogen-bond donors (Lipinski definition) is 1. The number of carbonyl (C=O) groups excluding carboxylic acids is 2. The summed E-state index contributed by atoms with van der Waals surface area (Å²) in [6.45, 7) is 5.23. The summed E-state index contributed by atoms with van der Waals surface area (Å²) in [7, 11) is 3.93. The summed E-state index contributed by atoms with van der Waals surface area (Å²) in [6.07, 6.45) is 2.38. The number of rotatable bonds is 9. The van der Waals surface area contributed by atoms with Gasteiger partial charge in [0.15, 0.2) is 0 Å². The van der Waals surface area contributed by atoms with E-state index in [4.69, 9.17) is 4.74 Å². The normalized spacial score (nSPS) is 18.2. The van der Waals surface area contributed by atoms with E-state index in [2.05, 4.69) is 6.58 Å². The molecule has 30 heavy (non-hydrogen) atoms. The smallest absolute Gasteiger partial charge is 0.295 e. The van der Waals surface area contributed by atoms with Crippen molar-refractivity contribution in [3.8, 4) is 5.75 Å². The Bertz CT molecular complexity index is 933. The molecule has 1 aliphatic heterocycles. The summed E-state index contributed by atoms with van der Waals surface area (Å²) < 4.78 is 5.47.